The van der Waals surface area contributed by atoms with Crippen LogP contribution < -0.4 is 0 Å². The Balaban J connectivity index is 2.72. The Hall–Kier alpha value is -0.740. The number of thiazole rings is 1. The van der Waals surface area contributed by atoms with Gasteiger partial charge < -0.3 is 5.11 Å². The van der Waals surface area contributed by atoms with Gasteiger partial charge in [-0.1, -0.05) is 13.8 Å². The first-order valence-electron chi connectivity index (χ1n) is 3.73. The van der Waals surface area contributed by atoms with Gasteiger partial charge in [0.15, 0.2) is 0 Å². The minimum absolute atomic E-state index is 0.0563. The first-order valence-corrected chi connectivity index (χ1v) is 4.67. The van der Waals surface area contributed by atoms with Crippen LogP contribution >= 0.6 is 11.3 Å². The zero-order chi connectivity index (χ0) is 9.14. The lowest BCUT2D eigenvalue weighted by Crippen LogP contribution is -2.26. The number of rotatable bonds is 3. The zero-order valence-electron chi connectivity index (χ0n) is 7.02. The molecule has 1 aromatic heterocycles. The predicted octanol–water partition coefficient (Wildman–Crippen LogP) is 1.34. The molecule has 12 heavy (non-hydrogen) atoms. The van der Waals surface area contributed by atoms with Crippen LogP contribution in [0.15, 0.2) is 10.9 Å². The Morgan fingerprint density at radius 1 is 1.67 bits per heavy atom. The lowest BCUT2D eigenvalue weighted by atomic mass is 10.0. The van der Waals surface area contributed by atoms with Gasteiger partial charge >= 0.3 is 0 Å². The highest BCUT2D eigenvalue weighted by molar-refractivity contribution is 7.07. The molecule has 1 atom stereocenters. The monoisotopic (exact) mass is 185 g/mol. The van der Waals surface area contributed by atoms with E-state index in [1.54, 1.807) is 24.7 Å². The minimum atomic E-state index is -0.924. The van der Waals surface area contributed by atoms with Crippen LogP contribution in [-0.2, 0) is 0 Å². The Bertz CT molecular complexity index is 256. The number of nitrogens with zero attached hydrogens (tertiary/aromatic N) is 1. The van der Waals surface area contributed by atoms with Gasteiger partial charge in [-0.05, 0) is 5.92 Å². The van der Waals surface area contributed by atoms with Crippen molar-refractivity contribution >= 4 is 17.1 Å². The van der Waals surface area contributed by atoms with Gasteiger partial charge in [-0.2, -0.15) is 0 Å². The van der Waals surface area contributed by atoms with Gasteiger partial charge in [0.1, 0.15) is 11.8 Å². The number of hydrogen-bond acceptors (Lipinski definition) is 4. The SMILES string of the molecule is CC(C)C(O)C(=O)c1cscn1. The van der Waals surface area contributed by atoms with E-state index in [2.05, 4.69) is 4.98 Å². The third-order valence-corrected chi connectivity index (χ3v) is 2.17. The molecule has 0 bridgehead atoms. The second-order valence-electron chi connectivity index (χ2n) is 2.93. The number of carbonyl (C=O) groups is 1. The summed E-state index contributed by atoms with van der Waals surface area (Å²) in [5.74, 6) is -0.342. The summed E-state index contributed by atoms with van der Waals surface area (Å²) in [7, 11) is 0. The second kappa shape index (κ2) is 3.78. The van der Waals surface area contributed by atoms with E-state index >= 15 is 0 Å². The van der Waals surface area contributed by atoms with E-state index in [4.69, 9.17) is 0 Å². The highest BCUT2D eigenvalue weighted by Crippen LogP contribution is 2.10. The first kappa shape index (κ1) is 9.35. The molecule has 4 heteroatoms. The number of aliphatic hydroxyl groups is 1. The normalized spacial score (nSPS) is 13.3. The highest BCUT2D eigenvalue weighted by Gasteiger charge is 2.21. The molecule has 0 amide bonds. The highest BCUT2D eigenvalue weighted by atomic mass is 32.1. The number of ketones is 1. The van der Waals surface area contributed by atoms with Gasteiger partial charge in [-0.15, -0.1) is 11.3 Å². The van der Waals surface area contributed by atoms with E-state index in [1.165, 1.54) is 11.3 Å². The van der Waals surface area contributed by atoms with Crippen molar-refractivity contribution < 1.29 is 9.90 Å². The Kier molecular flexibility index (Phi) is 2.94. The summed E-state index contributed by atoms with van der Waals surface area (Å²) in [5.41, 5.74) is 1.95. The van der Waals surface area contributed by atoms with Crippen LogP contribution in [0.3, 0.4) is 0 Å². The van der Waals surface area contributed by atoms with Crippen LogP contribution in [0.25, 0.3) is 0 Å². The lowest BCUT2D eigenvalue weighted by molar-refractivity contribution is 0.0643. The lowest BCUT2D eigenvalue weighted by Gasteiger charge is -2.10. The van der Waals surface area contributed by atoms with E-state index in [-0.39, 0.29) is 11.7 Å². The van der Waals surface area contributed by atoms with E-state index < -0.39 is 6.10 Å². The smallest absolute Gasteiger partial charge is 0.210 e. The van der Waals surface area contributed by atoms with Crippen LogP contribution in [0.4, 0.5) is 0 Å². The van der Waals surface area contributed by atoms with Gasteiger partial charge in [-0.25, -0.2) is 4.98 Å². The average molecular weight is 185 g/mol. The second-order valence-corrected chi connectivity index (χ2v) is 3.65. The topological polar surface area (TPSA) is 50.2 Å². The van der Waals surface area contributed by atoms with Crippen LogP contribution in [0.2, 0.25) is 0 Å². The molecule has 0 aromatic carbocycles. The molecule has 1 heterocycles. The quantitative estimate of drug-likeness (QED) is 0.723. The molecule has 0 radical (unpaired) electrons. The Labute approximate surface area is 75.1 Å². The largest absolute Gasteiger partial charge is 0.385 e. The maximum absolute atomic E-state index is 11.3. The third-order valence-electron chi connectivity index (χ3n) is 1.58. The fourth-order valence-electron chi connectivity index (χ4n) is 0.788. The number of carbonyl (C=O) groups excluding carboxylic acids is 1. The number of aliphatic hydroxyl groups excluding tert-OH is 1. The van der Waals surface area contributed by atoms with Crippen molar-refractivity contribution in [2.24, 2.45) is 5.92 Å². The van der Waals surface area contributed by atoms with E-state index in [9.17, 15) is 9.90 Å². The summed E-state index contributed by atoms with van der Waals surface area (Å²) in [4.78, 5) is 15.2. The average Bonchev–Trinajstić information content (AvgIpc) is 2.53. The van der Waals surface area contributed by atoms with Gasteiger partial charge in [0, 0.05) is 5.38 Å². The number of Topliss-reactive ketones (excluding diaryl/α,β-unsaturated/α-hetero) is 1. The summed E-state index contributed by atoms with van der Waals surface area (Å²) in [6, 6.07) is 0. The van der Waals surface area contributed by atoms with Crippen molar-refractivity contribution in [2.45, 2.75) is 20.0 Å². The molecule has 0 spiro atoms. The molecule has 1 N–H and O–H groups in total. The molecule has 66 valence electrons. The van der Waals surface area contributed by atoms with Gasteiger partial charge in [-0.3, -0.25) is 4.79 Å². The predicted molar refractivity (Wildman–Crippen MR) is 47.3 cm³/mol. The van der Waals surface area contributed by atoms with E-state index in [1.807, 2.05) is 0 Å². The molecule has 0 saturated heterocycles. The molecular weight excluding hydrogens is 174 g/mol. The van der Waals surface area contributed by atoms with E-state index in [0.717, 1.165) is 0 Å². The summed E-state index contributed by atoms with van der Waals surface area (Å²) >= 11 is 1.35. The summed E-state index contributed by atoms with van der Waals surface area (Å²) in [6.45, 7) is 3.60. The fourth-order valence-corrected chi connectivity index (χ4v) is 1.33. The molecule has 0 aliphatic rings. The van der Waals surface area contributed by atoms with Gasteiger partial charge in [0.05, 0.1) is 5.51 Å². The number of aromatic nitrogens is 1. The van der Waals surface area contributed by atoms with E-state index in [0.29, 0.717) is 5.69 Å². The van der Waals surface area contributed by atoms with Gasteiger partial charge in [0.2, 0.25) is 5.78 Å². The fraction of sp³-hybridized carbons (Fsp3) is 0.500. The Morgan fingerprint density at radius 2 is 2.33 bits per heavy atom. The summed E-state index contributed by atoms with van der Waals surface area (Å²) in [6.07, 6.45) is -0.924. The molecule has 0 aliphatic heterocycles. The zero-order valence-corrected chi connectivity index (χ0v) is 7.84. The third kappa shape index (κ3) is 1.89. The van der Waals surface area contributed by atoms with Crippen LogP contribution in [0, 0.1) is 5.92 Å². The molecular formula is C8H11NO2S. The molecule has 0 fully saturated rings. The van der Waals surface area contributed by atoms with Crippen molar-refractivity contribution in [1.82, 2.24) is 4.98 Å². The molecule has 1 aromatic rings. The van der Waals surface area contributed by atoms with Gasteiger partial charge in [0.25, 0.3) is 0 Å². The summed E-state index contributed by atoms with van der Waals surface area (Å²) < 4.78 is 0. The maximum Gasteiger partial charge on any atom is 0.210 e. The standard InChI is InChI=1S/C8H11NO2S/c1-5(2)7(10)8(11)6-3-12-4-9-6/h3-5,7,10H,1-2H3. The van der Waals surface area contributed by atoms with Crippen LogP contribution in [-0.4, -0.2) is 22.0 Å². The first-order chi connectivity index (χ1) is 5.63. The molecule has 0 saturated carbocycles. The molecule has 1 rings (SSSR count). The Morgan fingerprint density at radius 3 is 2.75 bits per heavy atom. The van der Waals surface area contributed by atoms with Crippen molar-refractivity contribution in [2.75, 3.05) is 0 Å². The van der Waals surface area contributed by atoms with Crippen molar-refractivity contribution in [3.63, 3.8) is 0 Å². The molecule has 1 unspecified atom stereocenters. The van der Waals surface area contributed by atoms with Crippen molar-refractivity contribution in [3.8, 4) is 0 Å². The molecule has 3 nitrogen and oxygen atoms in total. The summed E-state index contributed by atoms with van der Waals surface area (Å²) in [5, 5.41) is 11.0. The van der Waals surface area contributed by atoms with Crippen LogP contribution in [0.5, 0.6) is 0 Å². The number of hydrogen-bond donors (Lipinski definition) is 1. The molecule has 0 aliphatic carbocycles. The maximum atomic E-state index is 11.3. The van der Waals surface area contributed by atoms with Crippen molar-refractivity contribution in [1.29, 1.82) is 0 Å². The van der Waals surface area contributed by atoms with Crippen molar-refractivity contribution in [3.05, 3.63) is 16.6 Å². The van der Waals surface area contributed by atoms with Crippen LogP contribution in [0.1, 0.15) is 24.3 Å². The minimum Gasteiger partial charge on any atom is -0.385 e.